The number of hydrogen-bond donors (Lipinski definition) is 2. The Morgan fingerprint density at radius 2 is 2.11 bits per heavy atom. The first-order valence-electron chi connectivity index (χ1n) is 8.32. The van der Waals surface area contributed by atoms with Crippen LogP contribution in [0.2, 0.25) is 0 Å². The lowest BCUT2D eigenvalue weighted by molar-refractivity contribution is -0.116. The van der Waals surface area contributed by atoms with Crippen LogP contribution in [0, 0.1) is 11.3 Å². The fraction of sp³-hybridized carbons (Fsp3) is 0.100. The molecule has 2 heterocycles. The number of thiazole rings is 1. The van der Waals surface area contributed by atoms with Gasteiger partial charge in [-0.15, -0.1) is 11.3 Å². The first-order chi connectivity index (χ1) is 13.1. The number of hydrogen-bond acceptors (Lipinski definition) is 5. The van der Waals surface area contributed by atoms with Gasteiger partial charge in [-0.2, -0.15) is 5.26 Å². The SMILES string of the molecule is N#Cc1cccc(C(=O)Nc2nc(-c3ccc4c(c3)CCC(=O)N4)cs2)c1. The number of benzene rings is 2. The van der Waals surface area contributed by atoms with E-state index in [0.717, 1.165) is 22.5 Å². The molecule has 0 radical (unpaired) electrons. The monoisotopic (exact) mass is 374 g/mol. The molecule has 132 valence electrons. The van der Waals surface area contributed by atoms with Gasteiger partial charge < -0.3 is 5.32 Å². The van der Waals surface area contributed by atoms with E-state index in [9.17, 15) is 9.59 Å². The van der Waals surface area contributed by atoms with Crippen LogP contribution in [0.4, 0.5) is 10.8 Å². The summed E-state index contributed by atoms with van der Waals surface area (Å²) in [5.74, 6) is -0.268. The lowest BCUT2D eigenvalue weighted by atomic mass is 9.99. The van der Waals surface area contributed by atoms with Crippen LogP contribution in [-0.2, 0) is 11.2 Å². The predicted molar refractivity (Wildman–Crippen MR) is 104 cm³/mol. The summed E-state index contributed by atoms with van der Waals surface area (Å²) in [6.45, 7) is 0. The highest BCUT2D eigenvalue weighted by Crippen LogP contribution is 2.30. The summed E-state index contributed by atoms with van der Waals surface area (Å²) < 4.78 is 0. The number of aryl methyl sites for hydroxylation is 1. The Morgan fingerprint density at radius 3 is 2.96 bits per heavy atom. The molecule has 2 N–H and O–H groups in total. The second kappa shape index (κ2) is 7.02. The second-order valence-electron chi connectivity index (χ2n) is 6.10. The Kier molecular flexibility index (Phi) is 4.40. The van der Waals surface area contributed by atoms with Gasteiger partial charge in [0, 0.05) is 28.6 Å². The highest BCUT2D eigenvalue weighted by atomic mass is 32.1. The first-order valence-corrected chi connectivity index (χ1v) is 9.20. The van der Waals surface area contributed by atoms with Crippen molar-refractivity contribution in [1.29, 1.82) is 5.26 Å². The Labute approximate surface area is 159 Å². The minimum atomic E-state index is -0.304. The van der Waals surface area contributed by atoms with Crippen LogP contribution in [0.1, 0.15) is 27.9 Å². The lowest BCUT2D eigenvalue weighted by Gasteiger charge is -2.17. The van der Waals surface area contributed by atoms with Gasteiger partial charge in [0.2, 0.25) is 5.91 Å². The van der Waals surface area contributed by atoms with Crippen molar-refractivity contribution in [3.05, 3.63) is 64.5 Å². The molecule has 1 aromatic heterocycles. The van der Waals surface area contributed by atoms with E-state index in [1.54, 1.807) is 24.3 Å². The van der Waals surface area contributed by atoms with Gasteiger partial charge in [0.05, 0.1) is 17.3 Å². The van der Waals surface area contributed by atoms with Crippen molar-refractivity contribution in [2.75, 3.05) is 10.6 Å². The topological polar surface area (TPSA) is 94.9 Å². The number of aromatic nitrogens is 1. The third kappa shape index (κ3) is 3.57. The molecule has 7 heteroatoms. The van der Waals surface area contributed by atoms with Gasteiger partial charge in [-0.1, -0.05) is 12.1 Å². The van der Waals surface area contributed by atoms with Gasteiger partial charge in [-0.3, -0.25) is 14.9 Å². The van der Waals surface area contributed by atoms with Crippen molar-refractivity contribution in [2.24, 2.45) is 0 Å². The molecule has 6 nitrogen and oxygen atoms in total. The number of nitrogens with one attached hydrogen (secondary N) is 2. The number of fused-ring (bicyclic) bond motifs is 1. The zero-order valence-corrected chi connectivity index (χ0v) is 15.0. The summed E-state index contributed by atoms with van der Waals surface area (Å²) in [4.78, 5) is 28.3. The normalized spacial score (nSPS) is 12.6. The summed E-state index contributed by atoms with van der Waals surface area (Å²) in [6, 6.07) is 14.3. The van der Waals surface area contributed by atoms with E-state index >= 15 is 0 Å². The largest absolute Gasteiger partial charge is 0.326 e. The van der Waals surface area contributed by atoms with E-state index in [1.807, 2.05) is 29.6 Å². The molecule has 0 atom stereocenters. The van der Waals surface area contributed by atoms with Crippen LogP contribution in [0.3, 0.4) is 0 Å². The average molecular weight is 374 g/mol. The van der Waals surface area contributed by atoms with Crippen molar-refractivity contribution in [3.8, 4) is 17.3 Å². The fourth-order valence-electron chi connectivity index (χ4n) is 2.91. The zero-order valence-electron chi connectivity index (χ0n) is 14.2. The smallest absolute Gasteiger partial charge is 0.257 e. The Balaban J connectivity index is 1.53. The van der Waals surface area contributed by atoms with E-state index in [4.69, 9.17) is 5.26 Å². The summed E-state index contributed by atoms with van der Waals surface area (Å²) in [5, 5.41) is 16.9. The van der Waals surface area contributed by atoms with Crippen molar-refractivity contribution in [1.82, 2.24) is 4.98 Å². The molecule has 0 aliphatic carbocycles. The standard InChI is InChI=1S/C20H14N4O2S/c21-10-12-2-1-3-15(8-12)19(26)24-20-23-17(11-27-20)14-4-6-16-13(9-14)5-7-18(25)22-16/h1-4,6,8-9,11H,5,7H2,(H,22,25)(H,23,24,26). The van der Waals surface area contributed by atoms with E-state index in [1.165, 1.54) is 11.3 Å². The average Bonchev–Trinajstić information content (AvgIpc) is 3.16. The van der Waals surface area contributed by atoms with Gasteiger partial charge in [0.25, 0.3) is 5.91 Å². The summed E-state index contributed by atoms with van der Waals surface area (Å²) >= 11 is 1.34. The van der Waals surface area contributed by atoms with E-state index < -0.39 is 0 Å². The van der Waals surface area contributed by atoms with Crippen LogP contribution >= 0.6 is 11.3 Å². The lowest BCUT2D eigenvalue weighted by Crippen LogP contribution is -2.18. The summed E-state index contributed by atoms with van der Waals surface area (Å²) in [6.07, 6.45) is 1.19. The molecule has 0 spiro atoms. The van der Waals surface area contributed by atoms with Crippen LogP contribution in [0.5, 0.6) is 0 Å². The Hall–Kier alpha value is -3.50. The van der Waals surface area contributed by atoms with Crippen molar-refractivity contribution < 1.29 is 9.59 Å². The van der Waals surface area contributed by atoms with Gasteiger partial charge >= 0.3 is 0 Å². The first kappa shape index (κ1) is 16.9. The molecule has 3 aromatic rings. The maximum atomic E-state index is 12.4. The molecule has 0 bridgehead atoms. The van der Waals surface area contributed by atoms with Crippen LogP contribution in [0.15, 0.2) is 47.8 Å². The number of amides is 2. The molecule has 2 aromatic carbocycles. The molecule has 0 unspecified atom stereocenters. The molecular formula is C20H14N4O2S. The third-order valence-corrected chi connectivity index (χ3v) is 5.03. The Morgan fingerprint density at radius 1 is 1.22 bits per heavy atom. The highest BCUT2D eigenvalue weighted by molar-refractivity contribution is 7.14. The maximum absolute atomic E-state index is 12.4. The number of rotatable bonds is 3. The molecular weight excluding hydrogens is 360 g/mol. The minimum Gasteiger partial charge on any atom is -0.326 e. The van der Waals surface area contributed by atoms with Crippen molar-refractivity contribution in [2.45, 2.75) is 12.8 Å². The molecule has 0 saturated heterocycles. The van der Waals surface area contributed by atoms with E-state index in [2.05, 4.69) is 15.6 Å². The highest BCUT2D eigenvalue weighted by Gasteiger charge is 2.16. The van der Waals surface area contributed by atoms with E-state index in [-0.39, 0.29) is 11.8 Å². The molecule has 0 saturated carbocycles. The second-order valence-corrected chi connectivity index (χ2v) is 6.96. The number of carbonyl (C=O) groups is 2. The maximum Gasteiger partial charge on any atom is 0.257 e. The quantitative estimate of drug-likeness (QED) is 0.729. The number of nitriles is 1. The van der Waals surface area contributed by atoms with Gasteiger partial charge in [0.15, 0.2) is 5.13 Å². The predicted octanol–water partition coefficient (Wildman–Crippen LogP) is 3.82. The van der Waals surface area contributed by atoms with Crippen LogP contribution < -0.4 is 10.6 Å². The molecule has 1 aliphatic rings. The van der Waals surface area contributed by atoms with Gasteiger partial charge in [0.1, 0.15) is 0 Å². The van der Waals surface area contributed by atoms with Crippen LogP contribution in [0.25, 0.3) is 11.3 Å². The van der Waals surface area contributed by atoms with Gasteiger partial charge in [-0.05, 0) is 42.3 Å². The Bertz CT molecular complexity index is 1100. The molecule has 0 fully saturated rings. The van der Waals surface area contributed by atoms with Crippen molar-refractivity contribution in [3.63, 3.8) is 0 Å². The zero-order chi connectivity index (χ0) is 18.8. The number of carbonyl (C=O) groups excluding carboxylic acids is 2. The van der Waals surface area contributed by atoms with Crippen molar-refractivity contribution >= 4 is 34.0 Å². The third-order valence-electron chi connectivity index (χ3n) is 4.28. The fourth-order valence-corrected chi connectivity index (χ4v) is 3.62. The minimum absolute atomic E-state index is 0.0365. The molecule has 2 amide bonds. The summed E-state index contributed by atoms with van der Waals surface area (Å²) in [5.41, 5.74) is 4.47. The molecule has 1 aliphatic heterocycles. The molecule has 4 rings (SSSR count). The molecule has 27 heavy (non-hydrogen) atoms. The number of anilines is 2. The number of nitrogens with zero attached hydrogens (tertiary/aromatic N) is 2. The van der Waals surface area contributed by atoms with E-state index in [0.29, 0.717) is 29.1 Å². The summed E-state index contributed by atoms with van der Waals surface area (Å²) in [7, 11) is 0. The van der Waals surface area contributed by atoms with Crippen LogP contribution in [-0.4, -0.2) is 16.8 Å². The van der Waals surface area contributed by atoms with Gasteiger partial charge in [-0.25, -0.2) is 4.98 Å².